The van der Waals surface area contributed by atoms with Crippen molar-refractivity contribution in [1.29, 1.82) is 0 Å². The van der Waals surface area contributed by atoms with E-state index in [9.17, 15) is 0 Å². The monoisotopic (exact) mass is 515 g/mol. The van der Waals surface area contributed by atoms with Gasteiger partial charge in [-0.05, 0) is 50.9 Å². The van der Waals surface area contributed by atoms with E-state index in [0.717, 1.165) is 57.8 Å². The lowest BCUT2D eigenvalue weighted by molar-refractivity contribution is 0.0341. The molecule has 2 aliphatic rings. The van der Waals surface area contributed by atoms with Crippen LogP contribution in [0.25, 0.3) is 0 Å². The highest BCUT2D eigenvalue weighted by Crippen LogP contribution is 2.34. The number of aliphatic imine (C=N–C) groups is 1. The Morgan fingerprint density at radius 2 is 1.86 bits per heavy atom. The van der Waals surface area contributed by atoms with E-state index in [2.05, 4.69) is 65.7 Å². The van der Waals surface area contributed by atoms with E-state index in [1.54, 1.807) is 0 Å². The minimum atomic E-state index is 0. The van der Waals surface area contributed by atoms with E-state index in [4.69, 9.17) is 9.73 Å². The average molecular weight is 515 g/mol. The van der Waals surface area contributed by atoms with Gasteiger partial charge in [-0.15, -0.1) is 24.0 Å². The molecule has 2 fully saturated rings. The predicted octanol–water partition coefficient (Wildman–Crippen LogP) is 2.53. The molecule has 1 aliphatic carbocycles. The van der Waals surface area contributed by atoms with Crippen molar-refractivity contribution in [3.05, 3.63) is 35.4 Å². The largest absolute Gasteiger partial charge is 0.379 e. The molecule has 1 saturated heterocycles. The van der Waals surface area contributed by atoms with Crippen LogP contribution in [-0.2, 0) is 17.8 Å². The quantitative estimate of drug-likeness (QED) is 0.301. The Hall–Kier alpha value is -0.900. The molecule has 3 rings (SSSR count). The molecule has 1 atom stereocenters. The van der Waals surface area contributed by atoms with Crippen molar-refractivity contribution in [3.8, 4) is 0 Å². The number of rotatable bonds is 9. The molecule has 6 nitrogen and oxygen atoms in total. The van der Waals surface area contributed by atoms with E-state index in [0.29, 0.717) is 12.6 Å². The molecule has 0 spiro atoms. The number of halogens is 1. The van der Waals surface area contributed by atoms with E-state index >= 15 is 0 Å². The van der Waals surface area contributed by atoms with Crippen LogP contribution in [0.4, 0.5) is 0 Å². The summed E-state index contributed by atoms with van der Waals surface area (Å²) in [5, 5.41) is 6.97. The van der Waals surface area contributed by atoms with Gasteiger partial charge < -0.3 is 20.3 Å². The zero-order valence-corrected chi connectivity index (χ0v) is 20.5. The SMILES string of the molecule is CCNC(=NCc1ccccc1CN1CCOCC1)NCC(C1CC1)N(C)C.I. The lowest BCUT2D eigenvalue weighted by Gasteiger charge is -2.27. The maximum Gasteiger partial charge on any atom is 0.191 e. The predicted molar refractivity (Wildman–Crippen MR) is 131 cm³/mol. The molecule has 0 radical (unpaired) electrons. The van der Waals surface area contributed by atoms with Gasteiger partial charge in [-0.25, -0.2) is 4.99 Å². The van der Waals surface area contributed by atoms with Crippen molar-refractivity contribution >= 4 is 29.9 Å². The molecule has 1 saturated carbocycles. The van der Waals surface area contributed by atoms with Crippen LogP contribution in [-0.4, -0.2) is 75.3 Å². The number of hydrogen-bond donors (Lipinski definition) is 2. The van der Waals surface area contributed by atoms with Crippen LogP contribution in [0.2, 0.25) is 0 Å². The first-order chi connectivity index (χ1) is 13.7. The molecular weight excluding hydrogens is 477 g/mol. The molecule has 7 heteroatoms. The molecule has 1 heterocycles. The minimum absolute atomic E-state index is 0. The fourth-order valence-corrected chi connectivity index (χ4v) is 3.83. The van der Waals surface area contributed by atoms with E-state index in [1.165, 1.54) is 24.0 Å². The fourth-order valence-electron chi connectivity index (χ4n) is 3.83. The van der Waals surface area contributed by atoms with Crippen molar-refractivity contribution in [2.45, 2.75) is 38.9 Å². The van der Waals surface area contributed by atoms with Gasteiger partial charge in [0, 0.05) is 38.8 Å². The van der Waals surface area contributed by atoms with Gasteiger partial charge in [0.2, 0.25) is 0 Å². The molecule has 29 heavy (non-hydrogen) atoms. The van der Waals surface area contributed by atoms with Gasteiger partial charge in [-0.2, -0.15) is 0 Å². The first-order valence-electron chi connectivity index (χ1n) is 10.7. The Labute approximate surface area is 193 Å². The van der Waals surface area contributed by atoms with Crippen molar-refractivity contribution in [1.82, 2.24) is 20.4 Å². The van der Waals surface area contributed by atoms with Gasteiger partial charge in [0.1, 0.15) is 0 Å². The minimum Gasteiger partial charge on any atom is -0.379 e. The highest BCUT2D eigenvalue weighted by Gasteiger charge is 2.32. The molecule has 164 valence electrons. The number of morpholine rings is 1. The Balaban J connectivity index is 0.00000300. The second-order valence-electron chi connectivity index (χ2n) is 8.10. The summed E-state index contributed by atoms with van der Waals surface area (Å²) in [7, 11) is 4.35. The van der Waals surface area contributed by atoms with Crippen molar-refractivity contribution in [2.24, 2.45) is 10.9 Å². The summed E-state index contributed by atoms with van der Waals surface area (Å²) in [6.07, 6.45) is 2.71. The molecule has 1 aliphatic heterocycles. The zero-order valence-electron chi connectivity index (χ0n) is 18.2. The number of ether oxygens (including phenoxy) is 1. The summed E-state index contributed by atoms with van der Waals surface area (Å²) < 4.78 is 5.47. The third-order valence-corrected chi connectivity index (χ3v) is 5.68. The first kappa shape index (κ1) is 24.4. The number of nitrogens with zero attached hydrogens (tertiary/aromatic N) is 3. The number of nitrogens with one attached hydrogen (secondary N) is 2. The highest BCUT2D eigenvalue weighted by molar-refractivity contribution is 14.0. The van der Waals surface area contributed by atoms with Crippen LogP contribution >= 0.6 is 24.0 Å². The van der Waals surface area contributed by atoms with Gasteiger partial charge in [0.05, 0.1) is 19.8 Å². The molecule has 1 unspecified atom stereocenters. The Bertz CT molecular complexity index is 627. The Morgan fingerprint density at radius 3 is 2.48 bits per heavy atom. The number of hydrogen-bond acceptors (Lipinski definition) is 4. The fraction of sp³-hybridized carbons (Fsp3) is 0.682. The van der Waals surface area contributed by atoms with E-state index in [1.807, 2.05) is 0 Å². The lowest BCUT2D eigenvalue weighted by Crippen LogP contribution is -2.46. The third-order valence-electron chi connectivity index (χ3n) is 5.68. The maximum atomic E-state index is 5.47. The molecular formula is C22H38IN5O. The summed E-state index contributed by atoms with van der Waals surface area (Å²) in [5.41, 5.74) is 2.67. The summed E-state index contributed by atoms with van der Waals surface area (Å²) in [6, 6.07) is 9.26. The first-order valence-corrected chi connectivity index (χ1v) is 10.7. The maximum absolute atomic E-state index is 5.47. The number of likely N-dealkylation sites (N-methyl/N-ethyl adjacent to an activating group) is 1. The molecule has 1 aromatic carbocycles. The van der Waals surface area contributed by atoms with Crippen LogP contribution in [0.3, 0.4) is 0 Å². The second kappa shape index (κ2) is 12.7. The summed E-state index contributed by atoms with van der Waals surface area (Å²) in [6.45, 7) is 9.30. The average Bonchev–Trinajstić information content (AvgIpc) is 3.53. The Kier molecular flexibility index (Phi) is 10.7. The molecule has 1 aromatic rings. The third kappa shape index (κ3) is 8.03. The van der Waals surface area contributed by atoms with E-state index < -0.39 is 0 Å². The van der Waals surface area contributed by atoms with Gasteiger partial charge in [0.25, 0.3) is 0 Å². The normalized spacial score (nSPS) is 19.0. The van der Waals surface area contributed by atoms with Gasteiger partial charge >= 0.3 is 0 Å². The summed E-state index contributed by atoms with van der Waals surface area (Å²) >= 11 is 0. The van der Waals surface area contributed by atoms with Crippen molar-refractivity contribution < 1.29 is 4.74 Å². The molecule has 0 amide bonds. The van der Waals surface area contributed by atoms with Gasteiger partial charge in [0.15, 0.2) is 5.96 Å². The number of guanidine groups is 1. The van der Waals surface area contributed by atoms with Gasteiger partial charge in [-0.3, -0.25) is 4.90 Å². The van der Waals surface area contributed by atoms with Crippen molar-refractivity contribution in [2.75, 3.05) is 53.5 Å². The molecule has 0 aromatic heterocycles. The zero-order chi connectivity index (χ0) is 19.8. The summed E-state index contributed by atoms with van der Waals surface area (Å²) in [5.74, 6) is 1.75. The van der Waals surface area contributed by atoms with Crippen LogP contribution in [0.1, 0.15) is 30.9 Å². The van der Waals surface area contributed by atoms with Crippen molar-refractivity contribution in [3.63, 3.8) is 0 Å². The second-order valence-corrected chi connectivity index (χ2v) is 8.10. The smallest absolute Gasteiger partial charge is 0.191 e. The van der Waals surface area contributed by atoms with Crippen LogP contribution in [0, 0.1) is 5.92 Å². The standard InChI is InChI=1S/C22H37N5O.HI/c1-4-23-22(25-16-21(26(2)3)18-9-10-18)24-15-19-7-5-6-8-20(19)17-27-11-13-28-14-12-27;/h5-8,18,21H,4,9-17H2,1-3H3,(H2,23,24,25);1H. The Morgan fingerprint density at radius 1 is 1.17 bits per heavy atom. The summed E-state index contributed by atoms with van der Waals surface area (Å²) in [4.78, 5) is 9.69. The topological polar surface area (TPSA) is 52.1 Å². The van der Waals surface area contributed by atoms with Crippen LogP contribution < -0.4 is 10.6 Å². The van der Waals surface area contributed by atoms with E-state index in [-0.39, 0.29) is 24.0 Å². The van der Waals surface area contributed by atoms with Crippen LogP contribution in [0.5, 0.6) is 0 Å². The highest BCUT2D eigenvalue weighted by atomic mass is 127. The van der Waals surface area contributed by atoms with Gasteiger partial charge in [-0.1, -0.05) is 24.3 Å². The number of benzene rings is 1. The molecule has 2 N–H and O–H groups in total. The van der Waals surface area contributed by atoms with Crippen LogP contribution in [0.15, 0.2) is 29.3 Å². The molecule has 0 bridgehead atoms. The lowest BCUT2D eigenvalue weighted by atomic mass is 10.1.